The van der Waals surface area contributed by atoms with Crippen LogP contribution in [0.2, 0.25) is 10.0 Å². The molecule has 0 aliphatic heterocycles. The summed E-state index contributed by atoms with van der Waals surface area (Å²) in [5.74, 6) is 0.734. The third kappa shape index (κ3) is 8.92. The molecule has 1 N–H and O–H groups in total. The molecule has 184 valence electrons. The Kier molecular flexibility index (Phi) is 11.0. The van der Waals surface area contributed by atoms with Crippen molar-refractivity contribution in [3.05, 3.63) is 106 Å². The van der Waals surface area contributed by atoms with Gasteiger partial charge in [0.25, 0.3) is 0 Å². The first kappa shape index (κ1) is 27.1. The maximum atomic E-state index is 13.5. The van der Waals surface area contributed by atoms with Crippen LogP contribution in [-0.2, 0) is 28.3 Å². The molecule has 0 radical (unpaired) electrons. The number of rotatable bonds is 12. The van der Waals surface area contributed by atoms with Crippen molar-refractivity contribution in [2.24, 2.45) is 0 Å². The number of carbonyl (C=O) groups excluding carboxylic acids is 2. The highest BCUT2D eigenvalue weighted by molar-refractivity contribution is 7.99. The van der Waals surface area contributed by atoms with E-state index in [1.165, 1.54) is 11.8 Å². The summed E-state index contributed by atoms with van der Waals surface area (Å²) in [4.78, 5) is 28.5. The van der Waals surface area contributed by atoms with Crippen LogP contribution in [0.5, 0.6) is 0 Å². The molecule has 1 atom stereocenters. The van der Waals surface area contributed by atoms with E-state index in [1.54, 1.807) is 17.0 Å². The quantitative estimate of drug-likeness (QED) is 0.296. The molecule has 0 saturated heterocycles. The SMILES string of the molecule is CCCNC(=O)[C@H](Cc1ccccc1)N(Cc1ccc(Cl)cc1)C(=O)CSCc1ccc(Cl)cc1. The van der Waals surface area contributed by atoms with Gasteiger partial charge in [0.1, 0.15) is 6.04 Å². The molecular formula is C28H30Cl2N2O2S. The second kappa shape index (κ2) is 14.2. The number of hydrogen-bond acceptors (Lipinski definition) is 3. The van der Waals surface area contributed by atoms with Gasteiger partial charge in [0.15, 0.2) is 0 Å². The number of thioether (sulfide) groups is 1. The summed E-state index contributed by atoms with van der Waals surface area (Å²) in [7, 11) is 0. The molecule has 0 heterocycles. The van der Waals surface area contributed by atoms with Gasteiger partial charge in [0.2, 0.25) is 11.8 Å². The van der Waals surface area contributed by atoms with E-state index < -0.39 is 6.04 Å². The third-order valence-corrected chi connectivity index (χ3v) is 6.99. The predicted octanol–water partition coefficient (Wildman–Crippen LogP) is 6.39. The van der Waals surface area contributed by atoms with Gasteiger partial charge in [-0.05, 0) is 47.4 Å². The average molecular weight is 530 g/mol. The van der Waals surface area contributed by atoms with Crippen molar-refractivity contribution in [2.75, 3.05) is 12.3 Å². The lowest BCUT2D eigenvalue weighted by atomic mass is 10.0. The van der Waals surface area contributed by atoms with Crippen molar-refractivity contribution in [3.8, 4) is 0 Å². The summed E-state index contributed by atoms with van der Waals surface area (Å²) in [5, 5.41) is 4.31. The van der Waals surface area contributed by atoms with Crippen molar-refractivity contribution >= 4 is 46.8 Å². The highest BCUT2D eigenvalue weighted by atomic mass is 35.5. The van der Waals surface area contributed by atoms with E-state index in [-0.39, 0.29) is 17.6 Å². The molecule has 3 aromatic rings. The van der Waals surface area contributed by atoms with Crippen LogP contribution in [0, 0.1) is 0 Å². The molecule has 0 spiro atoms. The van der Waals surface area contributed by atoms with E-state index in [4.69, 9.17) is 23.2 Å². The zero-order chi connectivity index (χ0) is 25.0. The van der Waals surface area contributed by atoms with E-state index in [1.807, 2.05) is 73.7 Å². The number of nitrogens with zero attached hydrogens (tertiary/aromatic N) is 1. The summed E-state index contributed by atoms with van der Waals surface area (Å²) >= 11 is 13.6. The molecule has 0 bridgehead atoms. The summed E-state index contributed by atoms with van der Waals surface area (Å²) in [6.45, 7) is 2.91. The Labute approximate surface area is 222 Å². The van der Waals surface area contributed by atoms with E-state index in [2.05, 4.69) is 5.32 Å². The Balaban J connectivity index is 1.81. The fourth-order valence-electron chi connectivity index (χ4n) is 3.63. The van der Waals surface area contributed by atoms with Crippen molar-refractivity contribution < 1.29 is 9.59 Å². The standard InChI is InChI=1S/C28H30Cl2N2O2S/c1-2-16-31-28(34)26(17-21-6-4-3-5-7-21)32(18-22-8-12-24(29)13-9-22)27(33)20-35-19-23-10-14-25(30)15-11-23/h3-15,26H,2,16-20H2,1H3,(H,31,34)/t26-/m0/s1. The van der Waals surface area contributed by atoms with Crippen LogP contribution in [0.25, 0.3) is 0 Å². The van der Waals surface area contributed by atoms with E-state index in [9.17, 15) is 9.59 Å². The van der Waals surface area contributed by atoms with Gasteiger partial charge in [-0.15, -0.1) is 11.8 Å². The van der Waals surface area contributed by atoms with Crippen LogP contribution in [0.1, 0.15) is 30.0 Å². The van der Waals surface area contributed by atoms with Gasteiger partial charge < -0.3 is 10.2 Å². The maximum absolute atomic E-state index is 13.5. The highest BCUT2D eigenvalue weighted by Crippen LogP contribution is 2.20. The minimum absolute atomic E-state index is 0.0773. The number of amides is 2. The topological polar surface area (TPSA) is 49.4 Å². The second-order valence-corrected chi connectivity index (χ2v) is 10.1. The van der Waals surface area contributed by atoms with Gasteiger partial charge in [-0.25, -0.2) is 0 Å². The Morgan fingerprint density at radius 3 is 2.06 bits per heavy atom. The lowest BCUT2D eigenvalue weighted by molar-refractivity contribution is -0.139. The van der Waals surface area contributed by atoms with Gasteiger partial charge in [-0.1, -0.05) is 84.7 Å². The number of halogens is 2. The van der Waals surface area contributed by atoms with Crippen LogP contribution in [0.15, 0.2) is 78.9 Å². The molecular weight excluding hydrogens is 499 g/mol. The van der Waals surface area contributed by atoms with Gasteiger partial charge in [-0.3, -0.25) is 9.59 Å². The van der Waals surface area contributed by atoms with Crippen LogP contribution in [0.3, 0.4) is 0 Å². The molecule has 35 heavy (non-hydrogen) atoms. The fourth-order valence-corrected chi connectivity index (χ4v) is 4.75. The minimum Gasteiger partial charge on any atom is -0.354 e. The largest absolute Gasteiger partial charge is 0.354 e. The average Bonchev–Trinajstić information content (AvgIpc) is 2.87. The van der Waals surface area contributed by atoms with Gasteiger partial charge >= 0.3 is 0 Å². The lowest BCUT2D eigenvalue weighted by Crippen LogP contribution is -2.51. The van der Waals surface area contributed by atoms with Gasteiger partial charge in [-0.2, -0.15) is 0 Å². The summed E-state index contributed by atoms with van der Waals surface area (Å²) in [6, 6.07) is 24.2. The second-order valence-electron chi connectivity index (χ2n) is 8.26. The molecule has 0 unspecified atom stereocenters. The first-order chi connectivity index (χ1) is 17.0. The summed E-state index contributed by atoms with van der Waals surface area (Å²) in [6.07, 6.45) is 1.27. The molecule has 4 nitrogen and oxygen atoms in total. The van der Waals surface area contributed by atoms with Crippen LogP contribution in [-0.4, -0.2) is 35.1 Å². The Hall–Kier alpha value is -2.47. The zero-order valence-corrected chi connectivity index (χ0v) is 22.1. The smallest absolute Gasteiger partial charge is 0.243 e. The first-order valence-electron chi connectivity index (χ1n) is 11.6. The van der Waals surface area contributed by atoms with Crippen molar-refractivity contribution in [1.82, 2.24) is 10.2 Å². The van der Waals surface area contributed by atoms with Gasteiger partial charge in [0.05, 0.1) is 5.75 Å². The van der Waals surface area contributed by atoms with Crippen molar-refractivity contribution in [2.45, 2.75) is 38.1 Å². The molecule has 7 heteroatoms. The van der Waals surface area contributed by atoms with Crippen LogP contribution in [0.4, 0.5) is 0 Å². The van der Waals surface area contributed by atoms with Gasteiger partial charge in [0, 0.05) is 35.3 Å². The zero-order valence-electron chi connectivity index (χ0n) is 19.8. The van der Waals surface area contributed by atoms with Crippen LogP contribution >= 0.6 is 35.0 Å². The van der Waals surface area contributed by atoms with Crippen LogP contribution < -0.4 is 5.32 Å². The highest BCUT2D eigenvalue weighted by Gasteiger charge is 2.30. The number of nitrogens with one attached hydrogen (secondary N) is 1. The lowest BCUT2D eigenvalue weighted by Gasteiger charge is -2.31. The van der Waals surface area contributed by atoms with E-state index in [0.29, 0.717) is 35.3 Å². The van der Waals surface area contributed by atoms with Crippen molar-refractivity contribution in [3.63, 3.8) is 0 Å². The molecule has 2 amide bonds. The molecule has 0 aliphatic carbocycles. The fraction of sp³-hybridized carbons (Fsp3) is 0.286. The number of benzene rings is 3. The Bertz CT molecular complexity index is 1080. The van der Waals surface area contributed by atoms with Crippen molar-refractivity contribution in [1.29, 1.82) is 0 Å². The molecule has 0 fully saturated rings. The molecule has 0 saturated carbocycles. The monoisotopic (exact) mass is 528 g/mol. The van der Waals surface area contributed by atoms with E-state index in [0.717, 1.165) is 23.1 Å². The Morgan fingerprint density at radius 1 is 0.857 bits per heavy atom. The minimum atomic E-state index is -0.622. The number of hydrogen-bond donors (Lipinski definition) is 1. The summed E-state index contributed by atoms with van der Waals surface area (Å²) in [5.41, 5.74) is 3.02. The summed E-state index contributed by atoms with van der Waals surface area (Å²) < 4.78 is 0. The number of carbonyl (C=O) groups is 2. The molecule has 3 aromatic carbocycles. The normalized spacial score (nSPS) is 11.6. The molecule has 3 rings (SSSR count). The third-order valence-electron chi connectivity index (χ3n) is 5.49. The van der Waals surface area contributed by atoms with E-state index >= 15 is 0 Å². The molecule has 0 aromatic heterocycles. The predicted molar refractivity (Wildman–Crippen MR) is 147 cm³/mol. The molecule has 0 aliphatic rings. The maximum Gasteiger partial charge on any atom is 0.243 e. The Morgan fingerprint density at radius 2 is 1.46 bits per heavy atom. The first-order valence-corrected chi connectivity index (χ1v) is 13.5.